The Bertz CT molecular complexity index is 447. The second-order valence-electron chi connectivity index (χ2n) is 5.18. The zero-order valence-electron chi connectivity index (χ0n) is 11.6. The highest BCUT2D eigenvalue weighted by Crippen LogP contribution is 2.19. The van der Waals surface area contributed by atoms with E-state index in [-0.39, 0.29) is 5.91 Å². The number of hydrogen-bond acceptors (Lipinski definition) is 3. The molecule has 20 heavy (non-hydrogen) atoms. The van der Waals surface area contributed by atoms with E-state index in [1.807, 2.05) is 29.2 Å². The minimum atomic E-state index is 0.243. The molecule has 110 valence electrons. The van der Waals surface area contributed by atoms with Crippen molar-refractivity contribution < 1.29 is 4.79 Å². The smallest absolute Gasteiger partial charge is 0.232 e. The molecule has 0 spiro atoms. The molecule has 5 heteroatoms. The maximum atomic E-state index is 12.1. The van der Waals surface area contributed by atoms with Gasteiger partial charge in [0.1, 0.15) is 0 Å². The van der Waals surface area contributed by atoms with Gasteiger partial charge in [-0.25, -0.2) is 0 Å². The van der Waals surface area contributed by atoms with E-state index in [4.69, 9.17) is 17.3 Å². The fourth-order valence-electron chi connectivity index (χ4n) is 2.39. The molecule has 1 saturated heterocycles. The molecule has 0 bridgehead atoms. The van der Waals surface area contributed by atoms with Gasteiger partial charge in [-0.05, 0) is 43.0 Å². The van der Waals surface area contributed by atoms with Crippen LogP contribution in [0.15, 0.2) is 24.3 Å². The van der Waals surface area contributed by atoms with Gasteiger partial charge in [0.15, 0.2) is 0 Å². The first-order valence-electron chi connectivity index (χ1n) is 6.99. The maximum Gasteiger partial charge on any atom is 0.232 e. The third kappa shape index (κ3) is 4.69. The van der Waals surface area contributed by atoms with Crippen LogP contribution in [0.4, 0.5) is 0 Å². The lowest BCUT2D eigenvalue weighted by Gasteiger charge is -2.31. The molecule has 0 saturated carbocycles. The highest BCUT2D eigenvalue weighted by atomic mass is 35.5. The summed E-state index contributed by atoms with van der Waals surface area (Å²) < 4.78 is 0. The van der Waals surface area contributed by atoms with Crippen molar-refractivity contribution in [1.29, 1.82) is 0 Å². The molecule has 1 aromatic carbocycles. The summed E-state index contributed by atoms with van der Waals surface area (Å²) in [5, 5.41) is 0.748. The van der Waals surface area contributed by atoms with Gasteiger partial charge in [-0.2, -0.15) is 0 Å². The molecule has 2 rings (SSSR count). The van der Waals surface area contributed by atoms with Crippen LogP contribution in [-0.4, -0.2) is 36.2 Å². The SMILES string of the molecule is NCC1CCN(C(=O)CSCc2cccc(Cl)c2)CC1. The number of halogens is 1. The number of carbonyl (C=O) groups is 1. The summed E-state index contributed by atoms with van der Waals surface area (Å²) in [6, 6.07) is 7.79. The minimum Gasteiger partial charge on any atom is -0.342 e. The first kappa shape index (κ1) is 15.7. The van der Waals surface area contributed by atoms with Crippen LogP contribution in [0.2, 0.25) is 5.02 Å². The van der Waals surface area contributed by atoms with Gasteiger partial charge in [0.25, 0.3) is 0 Å². The molecule has 1 fully saturated rings. The van der Waals surface area contributed by atoms with E-state index in [0.717, 1.165) is 48.8 Å². The molecule has 0 atom stereocenters. The molecule has 1 heterocycles. The highest BCUT2D eigenvalue weighted by molar-refractivity contribution is 7.99. The Kier molecular flexibility index (Phi) is 6.20. The summed E-state index contributed by atoms with van der Waals surface area (Å²) in [7, 11) is 0. The number of carbonyl (C=O) groups excluding carboxylic acids is 1. The van der Waals surface area contributed by atoms with Crippen molar-refractivity contribution in [2.75, 3.05) is 25.4 Å². The summed E-state index contributed by atoms with van der Waals surface area (Å²) in [5.74, 6) is 2.21. The van der Waals surface area contributed by atoms with E-state index < -0.39 is 0 Å². The zero-order valence-corrected chi connectivity index (χ0v) is 13.1. The maximum absolute atomic E-state index is 12.1. The standard InChI is InChI=1S/C15H21ClN2OS/c16-14-3-1-2-13(8-14)10-20-11-15(19)18-6-4-12(9-17)5-7-18/h1-3,8,12H,4-7,9-11,17H2. The number of piperidine rings is 1. The van der Waals surface area contributed by atoms with Crippen molar-refractivity contribution in [3.05, 3.63) is 34.9 Å². The van der Waals surface area contributed by atoms with Crippen molar-refractivity contribution in [3.8, 4) is 0 Å². The van der Waals surface area contributed by atoms with Gasteiger partial charge >= 0.3 is 0 Å². The molecule has 0 aromatic heterocycles. The quantitative estimate of drug-likeness (QED) is 0.909. The third-order valence-corrected chi connectivity index (χ3v) is 4.91. The van der Waals surface area contributed by atoms with Crippen LogP contribution in [0, 0.1) is 5.92 Å². The number of nitrogens with zero attached hydrogens (tertiary/aromatic N) is 1. The molecule has 2 N–H and O–H groups in total. The zero-order chi connectivity index (χ0) is 14.4. The second kappa shape index (κ2) is 7.91. The van der Waals surface area contributed by atoms with Crippen molar-refractivity contribution in [3.63, 3.8) is 0 Å². The van der Waals surface area contributed by atoms with E-state index in [9.17, 15) is 4.79 Å². The molecule has 0 unspecified atom stereocenters. The minimum absolute atomic E-state index is 0.243. The van der Waals surface area contributed by atoms with E-state index in [0.29, 0.717) is 11.7 Å². The predicted octanol–water partition coefficient (Wildman–Crippen LogP) is 2.77. The third-order valence-electron chi connectivity index (χ3n) is 3.68. The largest absolute Gasteiger partial charge is 0.342 e. The average Bonchev–Trinajstić information content (AvgIpc) is 2.47. The first-order valence-corrected chi connectivity index (χ1v) is 8.52. The molecule has 3 nitrogen and oxygen atoms in total. The molecule has 1 aliphatic heterocycles. The number of nitrogens with two attached hydrogens (primary N) is 1. The van der Waals surface area contributed by atoms with E-state index >= 15 is 0 Å². The molecular formula is C15H21ClN2OS. The van der Waals surface area contributed by atoms with Crippen LogP contribution in [0.25, 0.3) is 0 Å². The molecular weight excluding hydrogens is 292 g/mol. The van der Waals surface area contributed by atoms with Crippen LogP contribution in [0.1, 0.15) is 18.4 Å². The summed E-state index contributed by atoms with van der Waals surface area (Å²) in [6.45, 7) is 2.46. The Morgan fingerprint density at radius 1 is 1.40 bits per heavy atom. The Balaban J connectivity index is 1.70. The molecule has 1 aliphatic rings. The van der Waals surface area contributed by atoms with Gasteiger partial charge in [0.05, 0.1) is 5.75 Å². The monoisotopic (exact) mass is 312 g/mol. The van der Waals surface area contributed by atoms with Crippen molar-refractivity contribution >= 4 is 29.3 Å². The van der Waals surface area contributed by atoms with Gasteiger partial charge in [0, 0.05) is 23.9 Å². The summed E-state index contributed by atoms with van der Waals surface area (Å²) in [6.07, 6.45) is 2.09. The van der Waals surface area contributed by atoms with Gasteiger partial charge in [0.2, 0.25) is 5.91 Å². The predicted molar refractivity (Wildman–Crippen MR) is 86.0 cm³/mol. The Morgan fingerprint density at radius 2 is 2.15 bits per heavy atom. The van der Waals surface area contributed by atoms with Gasteiger partial charge < -0.3 is 10.6 Å². The van der Waals surface area contributed by atoms with Crippen molar-refractivity contribution in [2.24, 2.45) is 11.7 Å². The van der Waals surface area contributed by atoms with Crippen LogP contribution in [0.3, 0.4) is 0 Å². The number of benzene rings is 1. The summed E-state index contributed by atoms with van der Waals surface area (Å²) in [5.41, 5.74) is 6.83. The van der Waals surface area contributed by atoms with Crippen LogP contribution in [-0.2, 0) is 10.5 Å². The second-order valence-corrected chi connectivity index (χ2v) is 6.60. The van der Waals surface area contributed by atoms with E-state index in [1.165, 1.54) is 0 Å². The topological polar surface area (TPSA) is 46.3 Å². The summed E-state index contributed by atoms with van der Waals surface area (Å²) in [4.78, 5) is 14.1. The van der Waals surface area contributed by atoms with Crippen LogP contribution < -0.4 is 5.73 Å². The van der Waals surface area contributed by atoms with Gasteiger partial charge in [-0.3, -0.25) is 4.79 Å². The highest BCUT2D eigenvalue weighted by Gasteiger charge is 2.21. The Labute approximate surface area is 129 Å². The molecule has 1 amide bonds. The number of rotatable bonds is 5. The molecule has 1 aromatic rings. The van der Waals surface area contributed by atoms with Crippen molar-refractivity contribution in [1.82, 2.24) is 4.90 Å². The number of amides is 1. The van der Waals surface area contributed by atoms with E-state index in [1.54, 1.807) is 11.8 Å². The van der Waals surface area contributed by atoms with Crippen LogP contribution in [0.5, 0.6) is 0 Å². The fraction of sp³-hybridized carbons (Fsp3) is 0.533. The van der Waals surface area contributed by atoms with Gasteiger partial charge in [-0.15, -0.1) is 11.8 Å². The molecule has 0 radical (unpaired) electrons. The average molecular weight is 313 g/mol. The Morgan fingerprint density at radius 3 is 2.80 bits per heavy atom. The fourth-order valence-corrected chi connectivity index (χ4v) is 3.48. The molecule has 0 aliphatic carbocycles. The van der Waals surface area contributed by atoms with Gasteiger partial charge in [-0.1, -0.05) is 23.7 Å². The number of hydrogen-bond donors (Lipinski definition) is 1. The number of likely N-dealkylation sites (tertiary alicyclic amines) is 1. The van der Waals surface area contributed by atoms with Crippen LogP contribution >= 0.6 is 23.4 Å². The first-order chi connectivity index (χ1) is 9.69. The number of thioether (sulfide) groups is 1. The normalized spacial score (nSPS) is 16.4. The van der Waals surface area contributed by atoms with Crippen molar-refractivity contribution in [2.45, 2.75) is 18.6 Å². The Hall–Kier alpha value is -0.710. The summed E-state index contributed by atoms with van der Waals surface area (Å²) >= 11 is 7.59. The lowest BCUT2D eigenvalue weighted by atomic mass is 9.97. The van der Waals surface area contributed by atoms with E-state index in [2.05, 4.69) is 0 Å². The lowest BCUT2D eigenvalue weighted by Crippen LogP contribution is -2.40. The lowest BCUT2D eigenvalue weighted by molar-refractivity contribution is -0.129.